The van der Waals surface area contributed by atoms with Gasteiger partial charge in [0.1, 0.15) is 5.82 Å². The van der Waals surface area contributed by atoms with Gasteiger partial charge < -0.3 is 10.6 Å². The lowest BCUT2D eigenvalue weighted by atomic mass is 10.5. The standard InChI is InChI=1S/C8H10BrClN4O/c1-2-11-6(15)4-12-7-5(9)3-13-8(10)14-7/h3H,2,4H2,1H3,(H,11,15)(H,12,13,14). The molecule has 0 radical (unpaired) electrons. The number of amides is 1. The van der Waals surface area contributed by atoms with E-state index in [-0.39, 0.29) is 17.7 Å². The third kappa shape index (κ3) is 4.01. The summed E-state index contributed by atoms with van der Waals surface area (Å²) in [6, 6.07) is 0. The van der Waals surface area contributed by atoms with Crippen molar-refractivity contribution in [1.29, 1.82) is 0 Å². The highest BCUT2D eigenvalue weighted by atomic mass is 79.9. The Morgan fingerprint density at radius 2 is 2.40 bits per heavy atom. The molecule has 0 bridgehead atoms. The quantitative estimate of drug-likeness (QED) is 0.825. The van der Waals surface area contributed by atoms with E-state index in [9.17, 15) is 4.79 Å². The van der Waals surface area contributed by atoms with E-state index in [1.807, 2.05) is 6.92 Å². The first-order valence-corrected chi connectivity index (χ1v) is 5.49. The van der Waals surface area contributed by atoms with E-state index < -0.39 is 0 Å². The summed E-state index contributed by atoms with van der Waals surface area (Å²) in [6.45, 7) is 2.61. The highest BCUT2D eigenvalue weighted by molar-refractivity contribution is 9.10. The second-order valence-corrected chi connectivity index (χ2v) is 3.84. The number of halogens is 2. The Morgan fingerprint density at radius 1 is 1.67 bits per heavy atom. The Hall–Kier alpha value is -0.880. The van der Waals surface area contributed by atoms with Crippen molar-refractivity contribution in [2.75, 3.05) is 18.4 Å². The number of anilines is 1. The molecule has 7 heteroatoms. The van der Waals surface area contributed by atoms with E-state index in [4.69, 9.17) is 11.6 Å². The zero-order valence-electron chi connectivity index (χ0n) is 8.05. The van der Waals surface area contributed by atoms with Crippen LogP contribution in [0, 0.1) is 0 Å². The van der Waals surface area contributed by atoms with Gasteiger partial charge in [-0.05, 0) is 34.5 Å². The number of rotatable bonds is 4. The van der Waals surface area contributed by atoms with Gasteiger partial charge in [0, 0.05) is 12.7 Å². The minimum Gasteiger partial charge on any atom is -0.360 e. The number of aromatic nitrogens is 2. The molecule has 0 unspecified atom stereocenters. The fourth-order valence-corrected chi connectivity index (χ4v) is 1.36. The van der Waals surface area contributed by atoms with Crippen LogP contribution in [0.5, 0.6) is 0 Å². The normalized spacial score (nSPS) is 9.80. The molecule has 0 aliphatic heterocycles. The minimum absolute atomic E-state index is 0.0980. The summed E-state index contributed by atoms with van der Waals surface area (Å²) in [5, 5.41) is 5.64. The molecule has 1 aromatic heterocycles. The first-order chi connectivity index (χ1) is 7.13. The van der Waals surface area contributed by atoms with E-state index in [2.05, 4.69) is 36.5 Å². The smallest absolute Gasteiger partial charge is 0.239 e. The molecule has 0 saturated carbocycles. The second kappa shape index (κ2) is 5.87. The van der Waals surface area contributed by atoms with Crippen molar-refractivity contribution in [3.05, 3.63) is 16.0 Å². The summed E-state index contributed by atoms with van der Waals surface area (Å²) in [6.07, 6.45) is 1.52. The predicted octanol–water partition coefficient (Wildman–Crippen LogP) is 1.44. The van der Waals surface area contributed by atoms with E-state index in [0.717, 1.165) is 0 Å². The summed E-state index contributed by atoms with van der Waals surface area (Å²) in [4.78, 5) is 18.8. The van der Waals surface area contributed by atoms with Gasteiger partial charge >= 0.3 is 0 Å². The second-order valence-electron chi connectivity index (χ2n) is 2.64. The zero-order chi connectivity index (χ0) is 11.3. The molecule has 0 saturated heterocycles. The van der Waals surface area contributed by atoms with Gasteiger partial charge in [-0.1, -0.05) is 0 Å². The molecule has 15 heavy (non-hydrogen) atoms. The lowest BCUT2D eigenvalue weighted by molar-refractivity contribution is -0.119. The molecule has 0 aliphatic rings. The van der Waals surface area contributed by atoms with Crippen molar-refractivity contribution >= 4 is 39.3 Å². The van der Waals surface area contributed by atoms with Crippen molar-refractivity contribution in [2.45, 2.75) is 6.92 Å². The summed E-state index contributed by atoms with van der Waals surface area (Å²) < 4.78 is 0.663. The summed E-state index contributed by atoms with van der Waals surface area (Å²) in [7, 11) is 0. The Bertz CT molecular complexity index is 360. The molecular formula is C8H10BrClN4O. The first kappa shape index (κ1) is 12.2. The maximum atomic E-state index is 11.1. The van der Waals surface area contributed by atoms with Gasteiger partial charge in [0.15, 0.2) is 0 Å². The molecule has 0 aliphatic carbocycles. The SMILES string of the molecule is CCNC(=O)CNc1nc(Cl)ncc1Br. The fourth-order valence-electron chi connectivity index (χ4n) is 0.893. The van der Waals surface area contributed by atoms with Crippen molar-refractivity contribution in [3.63, 3.8) is 0 Å². The Morgan fingerprint density at radius 3 is 3.07 bits per heavy atom. The monoisotopic (exact) mass is 292 g/mol. The van der Waals surface area contributed by atoms with Gasteiger partial charge in [0.05, 0.1) is 11.0 Å². The van der Waals surface area contributed by atoms with Gasteiger partial charge in [-0.25, -0.2) is 4.98 Å². The highest BCUT2D eigenvalue weighted by Gasteiger charge is 2.05. The number of likely N-dealkylation sites (N-methyl/N-ethyl adjacent to an activating group) is 1. The first-order valence-electron chi connectivity index (χ1n) is 4.32. The number of nitrogens with zero attached hydrogens (tertiary/aromatic N) is 2. The summed E-state index contributed by atoms with van der Waals surface area (Å²) in [5.41, 5.74) is 0. The fraction of sp³-hybridized carbons (Fsp3) is 0.375. The number of hydrogen-bond acceptors (Lipinski definition) is 4. The zero-order valence-corrected chi connectivity index (χ0v) is 10.4. The van der Waals surface area contributed by atoms with E-state index in [0.29, 0.717) is 16.8 Å². The molecule has 1 aromatic rings. The van der Waals surface area contributed by atoms with Crippen LogP contribution in [-0.2, 0) is 4.79 Å². The molecule has 1 rings (SSSR count). The third-order valence-corrected chi connectivity index (χ3v) is 2.27. The van der Waals surface area contributed by atoms with Crippen LogP contribution >= 0.6 is 27.5 Å². The lowest BCUT2D eigenvalue weighted by Crippen LogP contribution is -2.29. The van der Waals surface area contributed by atoms with E-state index >= 15 is 0 Å². The lowest BCUT2D eigenvalue weighted by Gasteiger charge is -2.06. The number of carbonyl (C=O) groups excluding carboxylic acids is 1. The summed E-state index contributed by atoms with van der Waals surface area (Å²) >= 11 is 8.85. The maximum Gasteiger partial charge on any atom is 0.239 e. The maximum absolute atomic E-state index is 11.1. The molecule has 0 atom stereocenters. The van der Waals surface area contributed by atoms with Gasteiger partial charge in [-0.15, -0.1) is 0 Å². The van der Waals surface area contributed by atoms with Crippen molar-refractivity contribution in [1.82, 2.24) is 15.3 Å². The topological polar surface area (TPSA) is 66.9 Å². The largest absolute Gasteiger partial charge is 0.360 e. The van der Waals surface area contributed by atoms with E-state index in [1.165, 1.54) is 6.20 Å². The van der Waals surface area contributed by atoms with Crippen LogP contribution in [-0.4, -0.2) is 29.0 Å². The van der Waals surface area contributed by atoms with Crippen molar-refractivity contribution in [3.8, 4) is 0 Å². The molecular weight excluding hydrogens is 283 g/mol. The number of carbonyl (C=O) groups is 1. The number of hydrogen-bond donors (Lipinski definition) is 2. The average Bonchev–Trinajstić information content (AvgIpc) is 2.20. The molecule has 5 nitrogen and oxygen atoms in total. The van der Waals surface area contributed by atoms with Crippen molar-refractivity contribution in [2.24, 2.45) is 0 Å². The third-order valence-electron chi connectivity index (χ3n) is 1.51. The van der Waals surface area contributed by atoms with Crippen LogP contribution in [0.15, 0.2) is 10.7 Å². The minimum atomic E-state index is -0.0980. The van der Waals surface area contributed by atoms with Gasteiger partial charge in [-0.2, -0.15) is 4.98 Å². The molecule has 1 amide bonds. The molecule has 0 fully saturated rings. The summed E-state index contributed by atoms with van der Waals surface area (Å²) in [5.74, 6) is 0.403. The molecule has 82 valence electrons. The molecule has 1 heterocycles. The van der Waals surface area contributed by atoms with Gasteiger partial charge in [0.25, 0.3) is 0 Å². The van der Waals surface area contributed by atoms with Gasteiger partial charge in [0.2, 0.25) is 11.2 Å². The highest BCUT2D eigenvalue weighted by Crippen LogP contribution is 2.19. The number of nitrogens with one attached hydrogen (secondary N) is 2. The predicted molar refractivity (Wildman–Crippen MR) is 61.9 cm³/mol. The molecule has 2 N–H and O–H groups in total. The average molecular weight is 294 g/mol. The molecule has 0 aromatic carbocycles. The van der Waals surface area contributed by atoms with Crippen LogP contribution in [0.3, 0.4) is 0 Å². The van der Waals surface area contributed by atoms with Crippen LogP contribution < -0.4 is 10.6 Å². The Labute approximate surface area is 101 Å². The molecule has 0 spiro atoms. The van der Waals surface area contributed by atoms with E-state index in [1.54, 1.807) is 0 Å². The van der Waals surface area contributed by atoms with Crippen LogP contribution in [0.1, 0.15) is 6.92 Å². The van der Waals surface area contributed by atoms with Crippen LogP contribution in [0.4, 0.5) is 5.82 Å². The van der Waals surface area contributed by atoms with Crippen LogP contribution in [0.2, 0.25) is 5.28 Å². The van der Waals surface area contributed by atoms with Gasteiger partial charge in [-0.3, -0.25) is 4.79 Å². The Balaban J connectivity index is 2.57. The van der Waals surface area contributed by atoms with Crippen LogP contribution in [0.25, 0.3) is 0 Å². The van der Waals surface area contributed by atoms with Crippen molar-refractivity contribution < 1.29 is 4.79 Å². The Kier molecular flexibility index (Phi) is 4.77.